The summed E-state index contributed by atoms with van der Waals surface area (Å²) < 4.78 is 2.34. The van der Waals surface area contributed by atoms with Gasteiger partial charge in [-0.2, -0.15) is 0 Å². The maximum atomic E-state index is 5.90. The molecule has 18 heavy (non-hydrogen) atoms. The van der Waals surface area contributed by atoms with E-state index in [1.165, 1.54) is 19.4 Å². The highest BCUT2D eigenvalue weighted by molar-refractivity contribution is 9.10. The van der Waals surface area contributed by atoms with Gasteiger partial charge in [-0.25, -0.2) is 0 Å². The molecule has 1 heterocycles. The van der Waals surface area contributed by atoms with Gasteiger partial charge in [0.25, 0.3) is 0 Å². The minimum atomic E-state index is 0.495. The minimum Gasteiger partial charge on any atom is -0.330 e. The summed E-state index contributed by atoms with van der Waals surface area (Å²) in [5, 5.41) is 2.13. The Morgan fingerprint density at radius 3 is 2.56 bits per heavy atom. The summed E-state index contributed by atoms with van der Waals surface area (Å²) in [6.45, 7) is 0.719. The van der Waals surface area contributed by atoms with Gasteiger partial charge in [0.2, 0.25) is 0 Å². The van der Waals surface area contributed by atoms with E-state index in [9.17, 15) is 0 Å². The molecule has 0 saturated heterocycles. The molecule has 96 valence electrons. The predicted octanol–water partition coefficient (Wildman–Crippen LogP) is 4.63. The molecule has 1 atom stereocenters. The molecule has 1 unspecified atom stereocenters. The zero-order valence-electron chi connectivity index (χ0n) is 9.90. The maximum Gasteiger partial charge on any atom is 0.0285 e. The van der Waals surface area contributed by atoms with E-state index in [1.54, 1.807) is 11.3 Å². The molecule has 2 aromatic rings. The third-order valence-electron chi connectivity index (χ3n) is 2.91. The van der Waals surface area contributed by atoms with Crippen LogP contribution in [0.5, 0.6) is 0 Å². The van der Waals surface area contributed by atoms with Gasteiger partial charge in [-0.1, -0.05) is 34.1 Å². The van der Waals surface area contributed by atoms with Crippen molar-refractivity contribution in [2.24, 2.45) is 11.7 Å². The second kappa shape index (κ2) is 6.85. The molecule has 2 rings (SSSR count). The van der Waals surface area contributed by atoms with E-state index in [-0.39, 0.29) is 0 Å². The van der Waals surface area contributed by atoms with Gasteiger partial charge < -0.3 is 5.73 Å². The molecule has 1 nitrogen and oxygen atoms in total. The number of halogens is 2. The van der Waals surface area contributed by atoms with Crippen molar-refractivity contribution in [1.29, 1.82) is 0 Å². The van der Waals surface area contributed by atoms with Crippen LogP contribution in [-0.2, 0) is 12.8 Å². The lowest BCUT2D eigenvalue weighted by Gasteiger charge is -2.14. The summed E-state index contributed by atoms with van der Waals surface area (Å²) in [7, 11) is 0. The van der Waals surface area contributed by atoms with Gasteiger partial charge in [0, 0.05) is 19.2 Å². The fraction of sp³-hybridized carbons (Fsp3) is 0.286. The summed E-state index contributed by atoms with van der Waals surface area (Å²) in [5.74, 6) is 0.495. The van der Waals surface area contributed by atoms with Crippen LogP contribution >= 0.6 is 43.2 Å². The third kappa shape index (κ3) is 3.92. The van der Waals surface area contributed by atoms with Crippen LogP contribution in [0.4, 0.5) is 0 Å². The Morgan fingerprint density at radius 2 is 1.94 bits per heavy atom. The first-order chi connectivity index (χ1) is 8.69. The van der Waals surface area contributed by atoms with Gasteiger partial charge in [-0.3, -0.25) is 0 Å². The van der Waals surface area contributed by atoms with E-state index in [4.69, 9.17) is 5.73 Å². The Kier molecular flexibility index (Phi) is 5.42. The zero-order chi connectivity index (χ0) is 13.0. The van der Waals surface area contributed by atoms with Gasteiger partial charge in [-0.05, 0) is 58.9 Å². The molecule has 0 fully saturated rings. The highest BCUT2D eigenvalue weighted by atomic mass is 79.9. The highest BCUT2D eigenvalue weighted by Gasteiger charge is 2.12. The SMILES string of the molecule is NCC(Cc1cc(Br)cs1)Cc1ccccc1Br. The van der Waals surface area contributed by atoms with E-state index in [1.807, 2.05) is 6.07 Å². The molecule has 0 aliphatic carbocycles. The number of thiophene rings is 1. The lowest BCUT2D eigenvalue weighted by atomic mass is 9.96. The second-order valence-corrected chi connectivity index (χ2v) is 7.10. The van der Waals surface area contributed by atoms with Crippen molar-refractivity contribution in [2.45, 2.75) is 12.8 Å². The van der Waals surface area contributed by atoms with Crippen LogP contribution in [-0.4, -0.2) is 6.54 Å². The van der Waals surface area contributed by atoms with Gasteiger partial charge in [-0.15, -0.1) is 11.3 Å². The average Bonchev–Trinajstić information content (AvgIpc) is 2.76. The number of hydrogen-bond donors (Lipinski definition) is 1. The number of benzene rings is 1. The van der Waals surface area contributed by atoms with Crippen molar-refractivity contribution in [2.75, 3.05) is 6.54 Å². The van der Waals surface area contributed by atoms with Gasteiger partial charge in [0.1, 0.15) is 0 Å². The number of hydrogen-bond acceptors (Lipinski definition) is 2. The molecule has 0 aliphatic heterocycles. The van der Waals surface area contributed by atoms with E-state index in [2.05, 4.69) is 61.5 Å². The average molecular weight is 389 g/mol. The summed E-state index contributed by atoms with van der Waals surface area (Å²) >= 11 is 8.89. The van der Waals surface area contributed by atoms with Crippen molar-refractivity contribution in [3.8, 4) is 0 Å². The number of rotatable bonds is 5. The first-order valence-corrected chi connectivity index (χ1v) is 8.32. The highest BCUT2D eigenvalue weighted by Crippen LogP contribution is 2.25. The van der Waals surface area contributed by atoms with Gasteiger partial charge in [0.05, 0.1) is 0 Å². The molecule has 1 aromatic carbocycles. The van der Waals surface area contributed by atoms with Crippen LogP contribution in [0, 0.1) is 5.92 Å². The van der Waals surface area contributed by atoms with Crippen LogP contribution in [0.2, 0.25) is 0 Å². The Balaban J connectivity index is 2.04. The quantitative estimate of drug-likeness (QED) is 0.793. The van der Waals surface area contributed by atoms with E-state index >= 15 is 0 Å². The van der Waals surface area contributed by atoms with Crippen LogP contribution < -0.4 is 5.73 Å². The summed E-state index contributed by atoms with van der Waals surface area (Å²) in [4.78, 5) is 1.39. The minimum absolute atomic E-state index is 0.495. The first kappa shape index (κ1) is 14.3. The standard InChI is InChI=1S/C14H15Br2NS/c15-12-7-13(18-9-12)6-10(8-17)5-11-3-1-2-4-14(11)16/h1-4,7,9-10H,5-6,8,17H2. The normalized spacial score (nSPS) is 12.6. The van der Waals surface area contributed by atoms with Gasteiger partial charge >= 0.3 is 0 Å². The molecule has 0 spiro atoms. The largest absolute Gasteiger partial charge is 0.330 e. The summed E-state index contributed by atoms with van der Waals surface area (Å²) in [5.41, 5.74) is 7.24. The Morgan fingerprint density at radius 1 is 1.17 bits per heavy atom. The summed E-state index contributed by atoms with van der Waals surface area (Å²) in [6.07, 6.45) is 2.07. The molecule has 0 bridgehead atoms. The Labute approximate surface area is 129 Å². The molecule has 0 amide bonds. The zero-order valence-corrected chi connectivity index (χ0v) is 13.9. The van der Waals surface area contributed by atoms with Crippen molar-refractivity contribution in [3.05, 3.63) is 55.1 Å². The predicted molar refractivity (Wildman–Crippen MR) is 86.1 cm³/mol. The lowest BCUT2D eigenvalue weighted by Crippen LogP contribution is -2.19. The van der Waals surface area contributed by atoms with Crippen LogP contribution in [0.3, 0.4) is 0 Å². The van der Waals surface area contributed by atoms with Crippen LogP contribution in [0.15, 0.2) is 44.7 Å². The smallest absolute Gasteiger partial charge is 0.0285 e. The fourth-order valence-electron chi connectivity index (χ4n) is 1.96. The van der Waals surface area contributed by atoms with Crippen molar-refractivity contribution in [1.82, 2.24) is 0 Å². The van der Waals surface area contributed by atoms with Crippen molar-refractivity contribution in [3.63, 3.8) is 0 Å². The Hall–Kier alpha value is -0.160. The van der Waals surface area contributed by atoms with Crippen molar-refractivity contribution < 1.29 is 0 Å². The molecule has 4 heteroatoms. The molecule has 2 N–H and O–H groups in total. The van der Waals surface area contributed by atoms with E-state index in [0.717, 1.165) is 19.4 Å². The molecular formula is C14H15Br2NS. The maximum absolute atomic E-state index is 5.90. The lowest BCUT2D eigenvalue weighted by molar-refractivity contribution is 0.536. The Bertz CT molecular complexity index is 510. The topological polar surface area (TPSA) is 26.0 Å². The van der Waals surface area contributed by atoms with Crippen LogP contribution in [0.1, 0.15) is 10.4 Å². The molecular weight excluding hydrogens is 374 g/mol. The second-order valence-electron chi connectivity index (χ2n) is 4.33. The number of nitrogens with two attached hydrogens (primary N) is 1. The first-order valence-electron chi connectivity index (χ1n) is 5.85. The molecule has 0 saturated carbocycles. The third-order valence-corrected chi connectivity index (χ3v) is 5.40. The van der Waals surface area contributed by atoms with E-state index in [0.29, 0.717) is 5.92 Å². The van der Waals surface area contributed by atoms with Crippen molar-refractivity contribution >= 4 is 43.2 Å². The molecule has 0 aliphatic rings. The van der Waals surface area contributed by atoms with E-state index < -0.39 is 0 Å². The summed E-state index contributed by atoms with van der Waals surface area (Å²) in [6, 6.07) is 10.6. The fourth-order valence-corrected chi connectivity index (χ4v) is 3.97. The molecule has 1 aromatic heterocycles. The van der Waals surface area contributed by atoms with Crippen LogP contribution in [0.25, 0.3) is 0 Å². The molecule has 0 radical (unpaired) electrons. The monoisotopic (exact) mass is 387 g/mol. The van der Waals surface area contributed by atoms with Gasteiger partial charge in [0.15, 0.2) is 0 Å².